The Morgan fingerprint density at radius 1 is 1.41 bits per heavy atom. The normalized spacial score (nSPS) is 22.3. The van der Waals surface area contributed by atoms with Gasteiger partial charge < -0.3 is 0 Å². The van der Waals surface area contributed by atoms with Gasteiger partial charge in [0.1, 0.15) is 6.04 Å². The Morgan fingerprint density at radius 3 is 2.65 bits per heavy atom. The predicted molar refractivity (Wildman–Crippen MR) is 61.1 cm³/mol. The first kappa shape index (κ1) is 12.8. The van der Waals surface area contributed by atoms with E-state index in [1.54, 1.807) is 0 Å². The van der Waals surface area contributed by atoms with Gasteiger partial charge in [0.15, 0.2) is 0 Å². The molecule has 0 bridgehead atoms. The lowest BCUT2D eigenvalue weighted by Gasteiger charge is -2.26. The zero-order valence-corrected chi connectivity index (χ0v) is 10.7. The van der Waals surface area contributed by atoms with Crippen LogP contribution in [0, 0.1) is 13.8 Å². The highest BCUT2D eigenvalue weighted by atomic mass is 32.1. The summed E-state index contributed by atoms with van der Waals surface area (Å²) in [6.07, 6.45) is -3.26. The van der Waals surface area contributed by atoms with E-state index in [1.807, 2.05) is 13.8 Å². The maximum absolute atomic E-state index is 12.8. The molecule has 1 aliphatic heterocycles. The van der Waals surface area contributed by atoms with Crippen molar-refractivity contribution in [2.24, 2.45) is 0 Å². The van der Waals surface area contributed by atoms with E-state index in [0.29, 0.717) is 19.5 Å². The Labute approximate surface area is 103 Å². The van der Waals surface area contributed by atoms with Crippen LogP contribution < -0.4 is 0 Å². The van der Waals surface area contributed by atoms with E-state index in [-0.39, 0.29) is 6.42 Å². The van der Waals surface area contributed by atoms with E-state index < -0.39 is 12.2 Å². The van der Waals surface area contributed by atoms with Crippen molar-refractivity contribution in [3.05, 3.63) is 16.1 Å². The summed E-state index contributed by atoms with van der Waals surface area (Å²) >= 11 is 1.37. The number of rotatable bonds is 2. The highest BCUT2D eigenvalue weighted by Crippen LogP contribution is 2.34. The zero-order chi connectivity index (χ0) is 12.6. The molecule has 1 unspecified atom stereocenters. The first-order valence-corrected chi connectivity index (χ1v) is 6.39. The minimum atomic E-state index is -4.11. The average molecular weight is 264 g/mol. The Bertz CT molecular complexity index is 380. The molecule has 1 aromatic heterocycles. The van der Waals surface area contributed by atoms with E-state index in [2.05, 4.69) is 4.37 Å². The third-order valence-corrected chi connectivity index (χ3v) is 4.17. The molecule has 0 aliphatic carbocycles. The lowest BCUT2D eigenvalue weighted by molar-refractivity contribution is -0.177. The Morgan fingerprint density at radius 2 is 2.12 bits per heavy atom. The van der Waals surface area contributed by atoms with Crippen LogP contribution in [0.1, 0.15) is 29.0 Å². The number of likely N-dealkylation sites (tertiary alicyclic amines) is 1. The third kappa shape index (κ3) is 2.63. The van der Waals surface area contributed by atoms with E-state index in [1.165, 1.54) is 16.4 Å². The molecule has 1 aliphatic rings. The van der Waals surface area contributed by atoms with Crippen LogP contribution in [0.25, 0.3) is 0 Å². The molecule has 0 saturated carbocycles. The monoisotopic (exact) mass is 264 g/mol. The van der Waals surface area contributed by atoms with Crippen LogP contribution in [-0.4, -0.2) is 28.0 Å². The Hall–Kier alpha value is -0.620. The fraction of sp³-hybridized carbons (Fsp3) is 0.727. The van der Waals surface area contributed by atoms with E-state index in [4.69, 9.17) is 0 Å². The van der Waals surface area contributed by atoms with E-state index in [9.17, 15) is 13.2 Å². The summed E-state index contributed by atoms with van der Waals surface area (Å²) in [4.78, 5) is 2.55. The number of nitrogens with zero attached hydrogens (tertiary/aromatic N) is 2. The molecule has 0 spiro atoms. The van der Waals surface area contributed by atoms with Crippen LogP contribution in [-0.2, 0) is 6.54 Å². The molecule has 2 heterocycles. The number of alkyl halides is 3. The summed E-state index contributed by atoms with van der Waals surface area (Å²) in [5.74, 6) is 0. The number of hydrogen-bond acceptors (Lipinski definition) is 3. The number of hydrogen-bond donors (Lipinski definition) is 0. The van der Waals surface area contributed by atoms with E-state index >= 15 is 0 Å². The van der Waals surface area contributed by atoms with Crippen molar-refractivity contribution in [1.29, 1.82) is 0 Å². The topological polar surface area (TPSA) is 16.1 Å². The maximum Gasteiger partial charge on any atom is 0.404 e. The molecule has 0 aromatic carbocycles. The van der Waals surface area contributed by atoms with Gasteiger partial charge in [-0.25, -0.2) is 0 Å². The van der Waals surface area contributed by atoms with Gasteiger partial charge in [0.05, 0.1) is 5.69 Å². The lowest BCUT2D eigenvalue weighted by atomic mass is 10.1. The molecule has 96 valence electrons. The van der Waals surface area contributed by atoms with Crippen molar-refractivity contribution in [2.75, 3.05) is 6.54 Å². The van der Waals surface area contributed by atoms with Gasteiger partial charge in [-0.3, -0.25) is 4.90 Å². The van der Waals surface area contributed by atoms with E-state index in [0.717, 1.165) is 16.1 Å². The zero-order valence-electron chi connectivity index (χ0n) is 9.84. The van der Waals surface area contributed by atoms with Gasteiger partial charge in [-0.1, -0.05) is 0 Å². The van der Waals surface area contributed by atoms with Crippen LogP contribution in [0.5, 0.6) is 0 Å². The molecule has 1 aromatic rings. The van der Waals surface area contributed by atoms with Crippen LogP contribution in [0.2, 0.25) is 0 Å². The van der Waals surface area contributed by atoms with Crippen LogP contribution in [0.3, 0.4) is 0 Å². The highest BCUT2D eigenvalue weighted by molar-refractivity contribution is 7.05. The predicted octanol–water partition coefficient (Wildman–Crippen LogP) is 3.29. The van der Waals surface area contributed by atoms with Gasteiger partial charge in [-0.15, -0.1) is 0 Å². The second-order valence-electron chi connectivity index (χ2n) is 4.47. The van der Waals surface area contributed by atoms with Crippen molar-refractivity contribution >= 4 is 11.5 Å². The summed E-state index contributed by atoms with van der Waals surface area (Å²) in [5.41, 5.74) is 1.83. The minimum absolute atomic E-state index is 0.221. The second-order valence-corrected chi connectivity index (χ2v) is 5.45. The third-order valence-electron chi connectivity index (χ3n) is 3.28. The first-order valence-electron chi connectivity index (χ1n) is 5.62. The quantitative estimate of drug-likeness (QED) is 0.815. The summed E-state index contributed by atoms with van der Waals surface area (Å²) in [6.45, 7) is 4.67. The molecule has 2 rings (SSSR count). The fourth-order valence-corrected chi connectivity index (χ4v) is 3.02. The largest absolute Gasteiger partial charge is 0.404 e. The highest BCUT2D eigenvalue weighted by Gasteiger charge is 2.45. The summed E-state index contributed by atoms with van der Waals surface area (Å²) in [6, 6.07) is -1.28. The second kappa shape index (κ2) is 4.57. The molecule has 0 radical (unpaired) electrons. The van der Waals surface area contributed by atoms with Crippen molar-refractivity contribution in [3.63, 3.8) is 0 Å². The molecule has 1 saturated heterocycles. The standard InChI is InChI=1S/C11H15F3N2S/c1-7-9(8(2)17-15-7)6-16-5-3-4-10(16)11(12,13)14/h10H,3-6H2,1-2H3. The van der Waals surface area contributed by atoms with Crippen LogP contribution in [0.4, 0.5) is 13.2 Å². The molecule has 0 amide bonds. The van der Waals surface area contributed by atoms with Gasteiger partial charge in [-0.2, -0.15) is 17.5 Å². The van der Waals surface area contributed by atoms with Gasteiger partial charge in [0.25, 0.3) is 0 Å². The van der Waals surface area contributed by atoms with Crippen molar-refractivity contribution in [2.45, 2.75) is 45.5 Å². The van der Waals surface area contributed by atoms with Crippen molar-refractivity contribution in [1.82, 2.24) is 9.27 Å². The SMILES string of the molecule is Cc1nsc(C)c1CN1CCCC1C(F)(F)F. The summed E-state index contributed by atoms with van der Waals surface area (Å²) in [7, 11) is 0. The Balaban J connectivity index is 2.14. The molecule has 1 atom stereocenters. The van der Waals surface area contributed by atoms with Crippen LogP contribution >= 0.6 is 11.5 Å². The Kier molecular flexibility index (Phi) is 3.45. The molecule has 6 heteroatoms. The summed E-state index contributed by atoms with van der Waals surface area (Å²) < 4.78 is 42.5. The molecular weight excluding hydrogens is 249 g/mol. The van der Waals surface area contributed by atoms with Crippen molar-refractivity contribution < 1.29 is 13.2 Å². The molecule has 0 N–H and O–H groups in total. The number of aromatic nitrogens is 1. The maximum atomic E-state index is 12.8. The van der Waals surface area contributed by atoms with Gasteiger partial charge in [0, 0.05) is 17.0 Å². The molecular formula is C11H15F3N2S. The smallest absolute Gasteiger partial charge is 0.288 e. The van der Waals surface area contributed by atoms with Crippen molar-refractivity contribution in [3.8, 4) is 0 Å². The lowest BCUT2D eigenvalue weighted by Crippen LogP contribution is -2.40. The summed E-state index contributed by atoms with van der Waals surface area (Å²) in [5, 5.41) is 0. The number of aryl methyl sites for hydroxylation is 2. The molecule has 2 nitrogen and oxygen atoms in total. The van der Waals surface area contributed by atoms with Gasteiger partial charge in [-0.05, 0) is 44.8 Å². The first-order chi connectivity index (χ1) is 7.89. The minimum Gasteiger partial charge on any atom is -0.288 e. The molecule has 17 heavy (non-hydrogen) atoms. The fourth-order valence-electron chi connectivity index (χ4n) is 2.32. The number of halogens is 3. The van der Waals surface area contributed by atoms with Crippen LogP contribution in [0.15, 0.2) is 0 Å². The van der Waals surface area contributed by atoms with Gasteiger partial charge >= 0.3 is 6.18 Å². The van der Waals surface area contributed by atoms with Gasteiger partial charge in [0.2, 0.25) is 0 Å². The molecule has 1 fully saturated rings. The average Bonchev–Trinajstić information content (AvgIpc) is 2.79.